The van der Waals surface area contributed by atoms with Crippen LogP contribution in [0.4, 0.5) is 0 Å². The SMILES string of the molecule is COc1ccc(-c2c3cc(OC)c(OC)cc3cc(C)[n+]2-c2cc[n-]n2)cc1. The number of aromatic nitrogens is 3. The van der Waals surface area contributed by atoms with Gasteiger partial charge in [0.05, 0.1) is 21.3 Å². The summed E-state index contributed by atoms with van der Waals surface area (Å²) in [6.45, 7) is 2.05. The van der Waals surface area contributed by atoms with E-state index in [0.29, 0.717) is 11.5 Å². The molecule has 0 radical (unpaired) electrons. The molecule has 0 saturated carbocycles. The number of ether oxygens (including phenoxy) is 3. The molecule has 2 aromatic heterocycles. The maximum absolute atomic E-state index is 5.55. The van der Waals surface area contributed by atoms with Gasteiger partial charge in [0.25, 0.3) is 0 Å². The predicted molar refractivity (Wildman–Crippen MR) is 106 cm³/mol. The van der Waals surface area contributed by atoms with Crippen molar-refractivity contribution < 1.29 is 18.8 Å². The maximum atomic E-state index is 5.55. The Morgan fingerprint density at radius 1 is 0.857 bits per heavy atom. The van der Waals surface area contributed by atoms with Crippen molar-refractivity contribution in [2.45, 2.75) is 6.92 Å². The normalized spacial score (nSPS) is 10.9. The Morgan fingerprint density at radius 3 is 2.18 bits per heavy atom. The van der Waals surface area contributed by atoms with E-state index in [-0.39, 0.29) is 0 Å². The van der Waals surface area contributed by atoms with Crippen LogP contribution in [0.3, 0.4) is 0 Å². The molecule has 0 fully saturated rings. The van der Waals surface area contributed by atoms with E-state index in [1.807, 2.05) is 42.5 Å². The van der Waals surface area contributed by atoms with Crippen LogP contribution in [0.5, 0.6) is 17.2 Å². The monoisotopic (exact) mass is 375 g/mol. The van der Waals surface area contributed by atoms with Crippen LogP contribution in [-0.2, 0) is 0 Å². The average Bonchev–Trinajstić information content (AvgIpc) is 3.26. The van der Waals surface area contributed by atoms with Gasteiger partial charge in [-0.1, -0.05) is 0 Å². The third-order valence-corrected chi connectivity index (χ3v) is 4.79. The molecule has 2 heterocycles. The Morgan fingerprint density at radius 2 is 1.57 bits per heavy atom. The molecule has 4 rings (SSSR count). The molecule has 0 spiro atoms. The fraction of sp³-hybridized carbons (Fsp3) is 0.182. The third kappa shape index (κ3) is 2.93. The lowest BCUT2D eigenvalue weighted by molar-refractivity contribution is -0.593. The maximum Gasteiger partial charge on any atom is 0.311 e. The first-order valence-corrected chi connectivity index (χ1v) is 8.87. The second-order valence-electron chi connectivity index (χ2n) is 6.38. The lowest BCUT2D eigenvalue weighted by atomic mass is 10.0. The van der Waals surface area contributed by atoms with Gasteiger partial charge in [0.1, 0.15) is 17.1 Å². The van der Waals surface area contributed by atoms with Gasteiger partial charge in [0.15, 0.2) is 11.5 Å². The summed E-state index contributed by atoms with van der Waals surface area (Å²) in [6.07, 6.45) is 1.69. The van der Waals surface area contributed by atoms with Crippen molar-refractivity contribution in [3.05, 3.63) is 60.4 Å². The van der Waals surface area contributed by atoms with Crippen molar-refractivity contribution in [3.8, 4) is 34.3 Å². The van der Waals surface area contributed by atoms with Crippen molar-refractivity contribution in [3.63, 3.8) is 0 Å². The van der Waals surface area contributed by atoms with Crippen molar-refractivity contribution >= 4 is 10.8 Å². The molecule has 6 nitrogen and oxygen atoms in total. The fourth-order valence-electron chi connectivity index (χ4n) is 3.48. The van der Waals surface area contributed by atoms with Crippen LogP contribution < -0.4 is 23.9 Å². The van der Waals surface area contributed by atoms with Crippen LogP contribution in [0, 0.1) is 6.92 Å². The molecule has 4 aromatic rings. The minimum atomic E-state index is 0.675. The first kappa shape index (κ1) is 17.9. The van der Waals surface area contributed by atoms with Gasteiger partial charge in [0.2, 0.25) is 0 Å². The molecular formula is C22H21N3O3. The van der Waals surface area contributed by atoms with Crippen LogP contribution in [0.25, 0.3) is 27.8 Å². The Kier molecular flexibility index (Phi) is 4.61. The molecule has 0 aliphatic heterocycles. The highest BCUT2D eigenvalue weighted by atomic mass is 16.5. The Balaban J connectivity index is 2.10. The second-order valence-corrected chi connectivity index (χ2v) is 6.38. The van der Waals surface area contributed by atoms with Gasteiger partial charge in [-0.15, -0.1) is 11.3 Å². The minimum Gasteiger partial charge on any atom is -0.497 e. The number of hydrogen-bond donors (Lipinski definition) is 0. The molecule has 0 amide bonds. The van der Waals surface area contributed by atoms with Crippen LogP contribution in [0.2, 0.25) is 0 Å². The lowest BCUT2D eigenvalue weighted by Gasteiger charge is -2.15. The smallest absolute Gasteiger partial charge is 0.311 e. The van der Waals surface area contributed by atoms with Crippen LogP contribution in [-0.4, -0.2) is 26.4 Å². The summed E-state index contributed by atoms with van der Waals surface area (Å²) >= 11 is 0. The van der Waals surface area contributed by atoms with E-state index in [2.05, 4.69) is 27.8 Å². The molecule has 0 atom stereocenters. The zero-order chi connectivity index (χ0) is 19.7. The van der Waals surface area contributed by atoms with E-state index in [4.69, 9.17) is 14.2 Å². The fourth-order valence-corrected chi connectivity index (χ4v) is 3.48. The number of pyridine rings is 1. The molecular weight excluding hydrogens is 354 g/mol. The molecule has 2 aromatic carbocycles. The Bertz CT molecular complexity index is 1120. The van der Waals surface area contributed by atoms with Crippen LogP contribution in [0.15, 0.2) is 54.7 Å². The number of nitrogens with zero attached hydrogens (tertiary/aromatic N) is 3. The molecule has 0 bridgehead atoms. The Hall–Kier alpha value is -3.54. The summed E-state index contributed by atoms with van der Waals surface area (Å²) < 4.78 is 18.5. The third-order valence-electron chi connectivity index (χ3n) is 4.79. The molecule has 0 aliphatic rings. The summed E-state index contributed by atoms with van der Waals surface area (Å²) in [4.78, 5) is 0. The molecule has 6 heteroatoms. The molecule has 0 aliphatic carbocycles. The van der Waals surface area contributed by atoms with Crippen LogP contribution in [0.1, 0.15) is 5.69 Å². The van der Waals surface area contributed by atoms with Gasteiger partial charge < -0.3 is 19.3 Å². The zero-order valence-corrected chi connectivity index (χ0v) is 16.3. The van der Waals surface area contributed by atoms with E-state index >= 15 is 0 Å². The van der Waals surface area contributed by atoms with Gasteiger partial charge in [-0.05, 0) is 54.8 Å². The van der Waals surface area contributed by atoms with E-state index < -0.39 is 0 Å². The number of methoxy groups -OCH3 is 3. The quantitative estimate of drug-likeness (QED) is 0.500. The number of benzene rings is 2. The van der Waals surface area contributed by atoms with Crippen molar-refractivity contribution in [2.24, 2.45) is 0 Å². The highest BCUT2D eigenvalue weighted by Crippen LogP contribution is 2.36. The van der Waals surface area contributed by atoms with Crippen molar-refractivity contribution in [1.82, 2.24) is 10.2 Å². The molecule has 28 heavy (non-hydrogen) atoms. The first-order valence-electron chi connectivity index (χ1n) is 8.87. The van der Waals surface area contributed by atoms with Crippen molar-refractivity contribution in [2.75, 3.05) is 21.3 Å². The molecule has 0 N–H and O–H groups in total. The van der Waals surface area contributed by atoms with E-state index in [9.17, 15) is 0 Å². The number of hydrogen-bond acceptors (Lipinski definition) is 4. The van der Waals surface area contributed by atoms with E-state index in [0.717, 1.165) is 39.3 Å². The second kappa shape index (κ2) is 7.23. The van der Waals surface area contributed by atoms with Gasteiger partial charge >= 0.3 is 5.82 Å². The topological polar surface area (TPSA) is 58.6 Å². The van der Waals surface area contributed by atoms with Crippen LogP contribution >= 0.6 is 0 Å². The number of aryl methyl sites for hydroxylation is 1. The average molecular weight is 375 g/mol. The van der Waals surface area contributed by atoms with E-state index in [1.165, 1.54) is 0 Å². The summed E-state index contributed by atoms with van der Waals surface area (Å²) in [5, 5.41) is 10.4. The van der Waals surface area contributed by atoms with Gasteiger partial charge in [-0.3, -0.25) is 0 Å². The van der Waals surface area contributed by atoms with E-state index in [1.54, 1.807) is 27.5 Å². The first-order chi connectivity index (χ1) is 13.7. The highest BCUT2D eigenvalue weighted by molar-refractivity contribution is 5.95. The van der Waals surface area contributed by atoms with Gasteiger partial charge in [-0.2, -0.15) is 4.57 Å². The summed E-state index contributed by atoms with van der Waals surface area (Å²) in [6, 6.07) is 16.0. The summed E-state index contributed by atoms with van der Waals surface area (Å²) in [5.41, 5.74) is 3.06. The van der Waals surface area contributed by atoms with Crippen molar-refractivity contribution in [1.29, 1.82) is 0 Å². The largest absolute Gasteiger partial charge is 0.497 e. The lowest BCUT2D eigenvalue weighted by Crippen LogP contribution is -2.37. The summed E-state index contributed by atoms with van der Waals surface area (Å²) in [5.74, 6) is 2.94. The minimum absolute atomic E-state index is 0.675. The molecule has 0 saturated heterocycles. The van der Waals surface area contributed by atoms with Gasteiger partial charge in [0, 0.05) is 17.0 Å². The Labute approximate surface area is 163 Å². The highest BCUT2D eigenvalue weighted by Gasteiger charge is 2.22. The number of fused-ring (bicyclic) bond motifs is 1. The van der Waals surface area contributed by atoms with Gasteiger partial charge in [-0.25, -0.2) is 0 Å². The molecule has 0 unspecified atom stereocenters. The number of rotatable bonds is 5. The predicted octanol–water partition coefficient (Wildman–Crippen LogP) is 3.47. The molecule has 142 valence electrons. The standard InChI is InChI=1S/C22H21N3O3/c1-14-11-16-12-19(27-3)20(28-4)13-18(16)22(25(14)21-9-10-23-24-21)15-5-7-17(26-2)8-6-15/h5-13H,1-4H3. The summed E-state index contributed by atoms with van der Waals surface area (Å²) in [7, 11) is 4.94. The zero-order valence-electron chi connectivity index (χ0n) is 16.3.